The van der Waals surface area contributed by atoms with Crippen molar-refractivity contribution in [1.82, 2.24) is 9.78 Å². The maximum Gasteiger partial charge on any atom is 0.337 e. The number of aromatic nitrogens is 2. The molecule has 0 aliphatic heterocycles. The van der Waals surface area contributed by atoms with Gasteiger partial charge in [0.1, 0.15) is 0 Å². The summed E-state index contributed by atoms with van der Waals surface area (Å²) in [5, 5.41) is 13.7. The van der Waals surface area contributed by atoms with Gasteiger partial charge in [-0.2, -0.15) is 5.10 Å². The van der Waals surface area contributed by atoms with Crippen LogP contribution >= 0.6 is 0 Å². The molecule has 1 aliphatic rings. The summed E-state index contributed by atoms with van der Waals surface area (Å²) in [5.41, 5.74) is 2.94. The first-order chi connectivity index (χ1) is 8.66. The second kappa shape index (κ2) is 3.98. The van der Waals surface area contributed by atoms with E-state index in [1.54, 1.807) is 16.8 Å². The van der Waals surface area contributed by atoms with Crippen molar-refractivity contribution < 1.29 is 9.90 Å². The summed E-state index contributed by atoms with van der Waals surface area (Å²) in [5.74, 6) is -0.347. The lowest BCUT2D eigenvalue weighted by molar-refractivity contribution is 0.0696. The second-order valence-corrected chi connectivity index (χ2v) is 4.74. The van der Waals surface area contributed by atoms with Gasteiger partial charge in [-0.25, -0.2) is 9.48 Å². The van der Waals surface area contributed by atoms with E-state index in [0.29, 0.717) is 17.2 Å². The van der Waals surface area contributed by atoms with Crippen LogP contribution in [0, 0.1) is 6.92 Å². The predicted molar refractivity (Wildman–Crippen MR) is 67.2 cm³/mol. The van der Waals surface area contributed by atoms with Crippen molar-refractivity contribution in [3.63, 3.8) is 0 Å². The Bertz CT molecular complexity index is 612. The number of carboxylic acid groups (broad SMARTS) is 1. The summed E-state index contributed by atoms with van der Waals surface area (Å²) in [7, 11) is 0. The first-order valence-electron chi connectivity index (χ1n) is 6.05. The number of benzene rings is 1. The first kappa shape index (κ1) is 11.0. The van der Waals surface area contributed by atoms with Crippen LogP contribution in [0.1, 0.15) is 40.4 Å². The highest BCUT2D eigenvalue weighted by atomic mass is 16.4. The van der Waals surface area contributed by atoms with Gasteiger partial charge in [-0.1, -0.05) is 12.1 Å². The van der Waals surface area contributed by atoms with Crippen LogP contribution in [0.3, 0.4) is 0 Å². The van der Waals surface area contributed by atoms with Crippen molar-refractivity contribution in [2.45, 2.75) is 25.7 Å². The predicted octanol–water partition coefficient (Wildman–Crippen LogP) is 2.76. The van der Waals surface area contributed by atoms with E-state index >= 15 is 0 Å². The van der Waals surface area contributed by atoms with Crippen LogP contribution in [0.2, 0.25) is 0 Å². The summed E-state index contributed by atoms with van der Waals surface area (Å²) in [6.45, 7) is 1.90. The van der Waals surface area contributed by atoms with E-state index in [-0.39, 0.29) is 0 Å². The van der Waals surface area contributed by atoms with Crippen LogP contribution in [0.4, 0.5) is 0 Å². The third-order valence-electron chi connectivity index (χ3n) is 3.30. The molecule has 0 atom stereocenters. The fourth-order valence-electron chi connectivity index (χ4n) is 2.20. The maximum absolute atomic E-state index is 11.3. The molecule has 0 saturated heterocycles. The summed E-state index contributed by atoms with van der Waals surface area (Å²) < 4.78 is 1.69. The molecule has 18 heavy (non-hydrogen) atoms. The number of hydrogen-bond acceptors (Lipinski definition) is 2. The molecule has 0 spiro atoms. The highest BCUT2D eigenvalue weighted by molar-refractivity contribution is 5.92. The highest BCUT2D eigenvalue weighted by Gasteiger charge is 2.26. The molecule has 1 aromatic carbocycles. The van der Waals surface area contributed by atoms with Crippen LogP contribution in [0.5, 0.6) is 0 Å². The minimum absolute atomic E-state index is 0.292. The minimum atomic E-state index is -0.919. The van der Waals surface area contributed by atoms with Crippen molar-refractivity contribution in [2.24, 2.45) is 0 Å². The Hall–Kier alpha value is -2.10. The van der Waals surface area contributed by atoms with Crippen LogP contribution in [0.25, 0.3) is 5.69 Å². The number of aromatic carboxylic acids is 1. The van der Waals surface area contributed by atoms with Gasteiger partial charge in [0, 0.05) is 12.1 Å². The third-order valence-corrected chi connectivity index (χ3v) is 3.30. The Balaban J connectivity index is 2.11. The number of para-hydroxylation sites is 1. The van der Waals surface area contributed by atoms with Crippen LogP contribution in [-0.2, 0) is 0 Å². The Morgan fingerprint density at radius 2 is 2.17 bits per heavy atom. The Kier molecular flexibility index (Phi) is 2.44. The maximum atomic E-state index is 11.3. The molecule has 0 radical (unpaired) electrons. The smallest absolute Gasteiger partial charge is 0.337 e. The second-order valence-electron chi connectivity index (χ2n) is 4.74. The molecular formula is C14H14N2O2. The first-order valence-corrected chi connectivity index (χ1v) is 6.05. The molecule has 4 nitrogen and oxygen atoms in total. The molecule has 3 rings (SSSR count). The molecule has 1 N–H and O–H groups in total. The number of aryl methyl sites for hydroxylation is 1. The van der Waals surface area contributed by atoms with E-state index in [9.17, 15) is 9.90 Å². The summed E-state index contributed by atoms with van der Waals surface area (Å²) in [6.07, 6.45) is 4.23. The van der Waals surface area contributed by atoms with Gasteiger partial charge in [0.05, 0.1) is 16.9 Å². The van der Waals surface area contributed by atoms with Crippen LogP contribution in [-0.4, -0.2) is 20.9 Å². The zero-order valence-corrected chi connectivity index (χ0v) is 10.1. The average Bonchev–Trinajstić information content (AvgIpc) is 3.08. The van der Waals surface area contributed by atoms with Gasteiger partial charge in [-0.05, 0) is 37.5 Å². The van der Waals surface area contributed by atoms with E-state index in [1.807, 2.05) is 25.3 Å². The lowest BCUT2D eigenvalue weighted by atomic mass is 10.1. The largest absolute Gasteiger partial charge is 0.478 e. The van der Waals surface area contributed by atoms with E-state index in [2.05, 4.69) is 5.10 Å². The zero-order chi connectivity index (χ0) is 12.7. The van der Waals surface area contributed by atoms with Gasteiger partial charge in [0.25, 0.3) is 0 Å². The summed E-state index contributed by atoms with van der Waals surface area (Å²) >= 11 is 0. The Morgan fingerprint density at radius 1 is 1.39 bits per heavy atom. The minimum Gasteiger partial charge on any atom is -0.478 e. The molecule has 0 unspecified atom stereocenters. The van der Waals surface area contributed by atoms with Crippen LogP contribution < -0.4 is 0 Å². The van der Waals surface area contributed by atoms with Crippen molar-refractivity contribution in [3.8, 4) is 5.69 Å². The standard InChI is InChI=1S/C14H14N2O2/c1-9-3-2-4-11(14(17)18)13(9)16-8-7-12(15-16)10-5-6-10/h2-4,7-8,10H,5-6H2,1H3,(H,17,18). The van der Waals surface area contributed by atoms with Crippen molar-refractivity contribution in [2.75, 3.05) is 0 Å². The number of carbonyl (C=O) groups is 1. The summed E-state index contributed by atoms with van der Waals surface area (Å²) in [6, 6.07) is 7.26. The molecule has 2 aromatic rings. The van der Waals surface area contributed by atoms with Gasteiger partial charge in [0.2, 0.25) is 0 Å². The number of hydrogen-bond donors (Lipinski definition) is 1. The number of nitrogens with zero attached hydrogens (tertiary/aromatic N) is 2. The monoisotopic (exact) mass is 242 g/mol. The number of rotatable bonds is 3. The SMILES string of the molecule is Cc1cccc(C(=O)O)c1-n1ccc(C2CC2)n1. The number of carboxylic acids is 1. The molecule has 1 aliphatic carbocycles. The fraction of sp³-hybridized carbons (Fsp3) is 0.286. The van der Waals surface area contributed by atoms with Crippen molar-refractivity contribution in [1.29, 1.82) is 0 Å². The highest BCUT2D eigenvalue weighted by Crippen LogP contribution is 2.39. The molecule has 1 heterocycles. The van der Waals surface area contributed by atoms with Gasteiger partial charge in [-0.15, -0.1) is 0 Å². The topological polar surface area (TPSA) is 55.1 Å². The normalized spacial score (nSPS) is 14.7. The molecule has 1 aromatic heterocycles. The molecule has 0 bridgehead atoms. The van der Waals surface area contributed by atoms with E-state index < -0.39 is 5.97 Å². The van der Waals surface area contributed by atoms with Gasteiger partial charge in [-0.3, -0.25) is 0 Å². The molecule has 1 fully saturated rings. The lowest BCUT2D eigenvalue weighted by Gasteiger charge is -2.09. The fourth-order valence-corrected chi connectivity index (χ4v) is 2.20. The Labute approximate surface area is 105 Å². The molecule has 92 valence electrons. The van der Waals surface area contributed by atoms with E-state index in [0.717, 1.165) is 11.3 Å². The molecular weight excluding hydrogens is 228 g/mol. The quantitative estimate of drug-likeness (QED) is 0.900. The van der Waals surface area contributed by atoms with Gasteiger partial charge >= 0.3 is 5.97 Å². The summed E-state index contributed by atoms with van der Waals surface area (Å²) in [4.78, 5) is 11.3. The van der Waals surface area contributed by atoms with Gasteiger partial charge in [0.15, 0.2) is 0 Å². The van der Waals surface area contributed by atoms with E-state index in [1.165, 1.54) is 12.8 Å². The van der Waals surface area contributed by atoms with E-state index in [4.69, 9.17) is 0 Å². The zero-order valence-electron chi connectivity index (χ0n) is 10.1. The molecule has 4 heteroatoms. The van der Waals surface area contributed by atoms with Crippen LogP contribution in [0.15, 0.2) is 30.5 Å². The van der Waals surface area contributed by atoms with Crippen molar-refractivity contribution >= 4 is 5.97 Å². The third kappa shape index (κ3) is 1.79. The van der Waals surface area contributed by atoms with Gasteiger partial charge < -0.3 is 5.11 Å². The molecule has 1 saturated carbocycles. The lowest BCUT2D eigenvalue weighted by Crippen LogP contribution is -2.08. The Morgan fingerprint density at radius 3 is 2.83 bits per heavy atom. The average molecular weight is 242 g/mol. The van der Waals surface area contributed by atoms with Crippen molar-refractivity contribution in [3.05, 3.63) is 47.3 Å². The molecule has 0 amide bonds.